The van der Waals surface area contributed by atoms with E-state index in [1.807, 2.05) is 42.5 Å². The predicted molar refractivity (Wildman–Crippen MR) is 155 cm³/mol. The second-order valence-electron chi connectivity index (χ2n) is 11.2. The zero-order chi connectivity index (χ0) is 30.0. The highest BCUT2D eigenvalue weighted by Gasteiger charge is 2.46. The second-order valence-corrected chi connectivity index (χ2v) is 11.2. The molecule has 0 spiro atoms. The Bertz CT molecular complexity index is 1420. The van der Waals surface area contributed by atoms with E-state index in [1.165, 1.54) is 6.20 Å². The van der Waals surface area contributed by atoms with E-state index in [1.54, 1.807) is 19.2 Å². The van der Waals surface area contributed by atoms with Crippen LogP contribution in [0.2, 0.25) is 0 Å². The summed E-state index contributed by atoms with van der Waals surface area (Å²) >= 11 is 0. The lowest BCUT2D eigenvalue weighted by Crippen LogP contribution is -2.61. The number of allylic oxidation sites excluding steroid dienone is 8. The molecule has 2 aliphatic carbocycles. The summed E-state index contributed by atoms with van der Waals surface area (Å²) in [6.45, 7) is 8.48. The number of hydrogen-bond donors (Lipinski definition) is 2. The molecule has 1 aromatic heterocycles. The van der Waals surface area contributed by atoms with Gasteiger partial charge in [0.25, 0.3) is 5.91 Å². The number of pyridine rings is 1. The van der Waals surface area contributed by atoms with Crippen molar-refractivity contribution in [2.75, 3.05) is 6.54 Å². The van der Waals surface area contributed by atoms with Crippen LogP contribution in [0.3, 0.4) is 0 Å². The van der Waals surface area contributed by atoms with Gasteiger partial charge in [-0.1, -0.05) is 55.7 Å². The lowest BCUT2D eigenvalue weighted by molar-refractivity contribution is -0.173. The number of rotatable bonds is 6. The molecule has 0 radical (unpaired) electrons. The molecule has 2 aliphatic heterocycles. The van der Waals surface area contributed by atoms with Crippen molar-refractivity contribution in [3.05, 3.63) is 102 Å². The van der Waals surface area contributed by atoms with Gasteiger partial charge in [0.2, 0.25) is 5.91 Å². The zero-order valence-corrected chi connectivity index (χ0v) is 23.4. The van der Waals surface area contributed by atoms with Gasteiger partial charge in [-0.2, -0.15) is 13.2 Å². The number of likely N-dealkylation sites (tertiary alicyclic amines) is 1. The van der Waals surface area contributed by atoms with E-state index in [4.69, 9.17) is 0 Å². The van der Waals surface area contributed by atoms with E-state index < -0.39 is 36.6 Å². The summed E-state index contributed by atoms with van der Waals surface area (Å²) in [5.41, 5.74) is 3.65. The topological polar surface area (TPSA) is 86.7 Å². The molecule has 220 valence electrons. The van der Waals surface area contributed by atoms with Gasteiger partial charge >= 0.3 is 6.18 Å². The van der Waals surface area contributed by atoms with Crippen LogP contribution in [-0.4, -0.2) is 52.3 Å². The molecule has 4 aliphatic rings. The first kappa shape index (κ1) is 29.3. The van der Waals surface area contributed by atoms with E-state index in [2.05, 4.69) is 33.8 Å². The van der Waals surface area contributed by atoms with Crippen LogP contribution in [0.4, 0.5) is 13.2 Å². The molecule has 0 aromatic carbocycles. The standard InChI is InChI=1S/C32H34F3N5O2/c1-19-9-8-12-36-29(19)38-20(2)23-13-24-14-25(17-37-27(24)15-23)30(41)39-28-16-26(22-10-6-4-5-7-11-22)21(3)40(31(28)42)18-32(33,34)35/h4-8,10-12,14,17,21-23,26,28H,1-2,9,13,15-16,18H2,3H3,(H,36,38)(H,39,41). The number of piperidine rings is 1. The summed E-state index contributed by atoms with van der Waals surface area (Å²) in [6, 6.07) is -0.0196. The van der Waals surface area contributed by atoms with Crippen LogP contribution in [0.1, 0.15) is 41.4 Å². The van der Waals surface area contributed by atoms with Crippen LogP contribution in [0.5, 0.6) is 0 Å². The number of halogens is 3. The molecule has 5 rings (SSSR count). The summed E-state index contributed by atoms with van der Waals surface area (Å²) in [4.78, 5) is 36.3. The predicted octanol–water partition coefficient (Wildman–Crippen LogP) is 4.97. The van der Waals surface area contributed by atoms with Crippen molar-refractivity contribution in [3.8, 4) is 0 Å². The van der Waals surface area contributed by atoms with Crippen LogP contribution in [0, 0.1) is 17.8 Å². The fraction of sp³-hybridized carbons (Fsp3) is 0.375. The molecule has 10 heteroatoms. The molecule has 4 unspecified atom stereocenters. The Labute approximate surface area is 243 Å². The number of amidine groups is 1. The fourth-order valence-electron chi connectivity index (χ4n) is 6.05. The highest BCUT2D eigenvalue weighted by molar-refractivity contribution is 6.00. The molecule has 1 aromatic rings. The maximum Gasteiger partial charge on any atom is 0.406 e. The Morgan fingerprint density at radius 2 is 1.90 bits per heavy atom. The van der Waals surface area contributed by atoms with Gasteiger partial charge in [-0.15, -0.1) is 0 Å². The maximum absolute atomic E-state index is 13.5. The van der Waals surface area contributed by atoms with Crippen molar-refractivity contribution in [2.45, 2.75) is 50.9 Å². The third kappa shape index (κ3) is 6.48. The molecule has 3 heterocycles. The van der Waals surface area contributed by atoms with Gasteiger partial charge in [0, 0.05) is 41.7 Å². The number of hydrogen-bond acceptors (Lipinski definition) is 5. The maximum atomic E-state index is 13.5. The number of alkyl halides is 3. The third-order valence-corrected chi connectivity index (χ3v) is 8.36. The minimum Gasteiger partial charge on any atom is -0.344 e. The smallest absolute Gasteiger partial charge is 0.344 e. The van der Waals surface area contributed by atoms with Crippen LogP contribution in [0.15, 0.2) is 90.4 Å². The highest BCUT2D eigenvalue weighted by atomic mass is 19.4. The number of aromatic nitrogens is 1. The average molecular weight is 578 g/mol. The number of aliphatic imine (C=N–C) groups is 1. The first-order valence-corrected chi connectivity index (χ1v) is 14.0. The second kappa shape index (κ2) is 12.0. The Balaban J connectivity index is 1.29. The molecule has 4 atom stereocenters. The van der Waals surface area contributed by atoms with Crippen LogP contribution in [-0.2, 0) is 17.6 Å². The number of nitrogens with one attached hydrogen (secondary N) is 2. The van der Waals surface area contributed by atoms with E-state index >= 15 is 0 Å². The monoisotopic (exact) mass is 577 g/mol. The molecule has 0 bridgehead atoms. The lowest BCUT2D eigenvalue weighted by atomic mass is 9.77. The van der Waals surface area contributed by atoms with Gasteiger partial charge in [0.1, 0.15) is 18.4 Å². The van der Waals surface area contributed by atoms with Gasteiger partial charge in [0.05, 0.1) is 5.56 Å². The molecule has 0 saturated carbocycles. The summed E-state index contributed by atoms with van der Waals surface area (Å²) in [5, 5.41) is 5.99. The van der Waals surface area contributed by atoms with Crippen molar-refractivity contribution in [1.82, 2.24) is 20.5 Å². The Kier molecular flexibility index (Phi) is 8.34. The Hall–Kier alpha value is -4.21. The van der Waals surface area contributed by atoms with Gasteiger partial charge in [0.15, 0.2) is 0 Å². The van der Waals surface area contributed by atoms with Crippen LogP contribution >= 0.6 is 0 Å². The average Bonchev–Trinajstić information content (AvgIpc) is 3.19. The molecular formula is C32H34F3N5O2. The quantitative estimate of drug-likeness (QED) is 0.500. The van der Waals surface area contributed by atoms with E-state index in [0.29, 0.717) is 25.1 Å². The number of amides is 2. The first-order chi connectivity index (χ1) is 20.0. The fourth-order valence-corrected chi connectivity index (χ4v) is 6.05. The summed E-state index contributed by atoms with van der Waals surface area (Å²) in [7, 11) is 0. The summed E-state index contributed by atoms with van der Waals surface area (Å²) in [6.07, 6.45) is 13.9. The van der Waals surface area contributed by atoms with E-state index in [9.17, 15) is 22.8 Å². The number of fused-ring (bicyclic) bond motifs is 1. The number of nitrogens with zero attached hydrogens (tertiary/aromatic N) is 3. The van der Waals surface area contributed by atoms with Crippen LogP contribution in [0.25, 0.3) is 0 Å². The minimum atomic E-state index is -4.57. The Morgan fingerprint density at radius 3 is 2.60 bits per heavy atom. The number of carbonyl (C=O) groups is 2. The minimum absolute atomic E-state index is 0.0421. The molecular weight excluding hydrogens is 543 g/mol. The van der Waals surface area contributed by atoms with Gasteiger partial charge in [-0.05, 0) is 55.7 Å². The van der Waals surface area contributed by atoms with E-state index in [-0.39, 0.29) is 29.7 Å². The van der Waals surface area contributed by atoms with Gasteiger partial charge in [-0.25, -0.2) is 4.99 Å². The highest BCUT2D eigenvalue weighted by Crippen LogP contribution is 2.35. The van der Waals surface area contributed by atoms with Gasteiger partial charge in [-0.3, -0.25) is 14.6 Å². The van der Waals surface area contributed by atoms with Gasteiger partial charge < -0.3 is 15.5 Å². The number of carbonyl (C=O) groups excluding carboxylic acids is 2. The van der Waals surface area contributed by atoms with Crippen molar-refractivity contribution in [2.24, 2.45) is 22.7 Å². The van der Waals surface area contributed by atoms with Crippen molar-refractivity contribution >= 4 is 17.6 Å². The zero-order valence-electron chi connectivity index (χ0n) is 23.4. The lowest BCUT2D eigenvalue weighted by Gasteiger charge is -2.45. The normalized spacial score (nSPS) is 25.7. The molecule has 1 saturated heterocycles. The molecule has 42 heavy (non-hydrogen) atoms. The molecule has 2 N–H and O–H groups in total. The van der Waals surface area contributed by atoms with Crippen molar-refractivity contribution in [1.29, 1.82) is 0 Å². The Morgan fingerprint density at radius 1 is 1.17 bits per heavy atom. The molecule has 7 nitrogen and oxygen atoms in total. The van der Waals surface area contributed by atoms with Crippen LogP contribution < -0.4 is 10.6 Å². The largest absolute Gasteiger partial charge is 0.406 e. The SMILES string of the molecule is C=C1CC=CN=C1NC(=C)C1Cc2cc(C(=O)NC3CC(C4C=CC=CC=C4)C(C)N(CC(F)(F)F)C3=O)cnc2C1. The summed E-state index contributed by atoms with van der Waals surface area (Å²) in [5.74, 6) is -1.06. The first-order valence-electron chi connectivity index (χ1n) is 14.0. The van der Waals surface area contributed by atoms with E-state index in [0.717, 1.165) is 27.4 Å². The van der Waals surface area contributed by atoms with Crippen molar-refractivity contribution < 1.29 is 22.8 Å². The third-order valence-electron chi connectivity index (χ3n) is 8.36. The molecule has 2 amide bonds. The van der Waals surface area contributed by atoms with Crippen molar-refractivity contribution in [3.63, 3.8) is 0 Å². The summed E-state index contributed by atoms with van der Waals surface area (Å²) < 4.78 is 40.5. The molecule has 1 fully saturated rings.